The van der Waals surface area contributed by atoms with E-state index < -0.39 is 5.60 Å². The zero-order valence-electron chi connectivity index (χ0n) is 7.93. The van der Waals surface area contributed by atoms with Crippen molar-refractivity contribution in [2.45, 2.75) is 18.9 Å². The molecule has 0 aliphatic rings. The Morgan fingerprint density at radius 2 is 2.36 bits per heavy atom. The molecular weight excluding hydrogens is 196 g/mol. The van der Waals surface area contributed by atoms with Crippen LogP contribution in [0.25, 0.3) is 0 Å². The van der Waals surface area contributed by atoms with Gasteiger partial charge in [0.2, 0.25) is 0 Å². The lowest BCUT2D eigenvalue weighted by Crippen LogP contribution is -2.23. The zero-order valence-corrected chi connectivity index (χ0v) is 8.75. The van der Waals surface area contributed by atoms with Crippen molar-refractivity contribution < 1.29 is 9.52 Å². The van der Waals surface area contributed by atoms with Crippen LogP contribution in [0.3, 0.4) is 0 Å². The van der Waals surface area contributed by atoms with E-state index in [0.717, 1.165) is 11.1 Å². The highest BCUT2D eigenvalue weighted by Crippen LogP contribution is 2.26. The molecule has 74 valence electrons. The minimum absolute atomic E-state index is 0.621. The Morgan fingerprint density at radius 1 is 1.50 bits per heavy atom. The zero-order chi connectivity index (χ0) is 10.0. The smallest absolute Gasteiger partial charge is 0.0963 e. The SMILES string of the molecule is CC(O)(Cc1ccsc1)c1ccoc1. The molecule has 0 saturated heterocycles. The lowest BCUT2D eigenvalue weighted by Gasteiger charge is -2.20. The van der Waals surface area contributed by atoms with Crippen molar-refractivity contribution in [2.75, 3.05) is 0 Å². The maximum atomic E-state index is 10.2. The molecule has 0 aliphatic carbocycles. The van der Waals surface area contributed by atoms with Crippen molar-refractivity contribution in [1.82, 2.24) is 0 Å². The highest BCUT2D eigenvalue weighted by molar-refractivity contribution is 7.07. The first-order valence-electron chi connectivity index (χ1n) is 4.44. The van der Waals surface area contributed by atoms with Gasteiger partial charge in [-0.15, -0.1) is 0 Å². The topological polar surface area (TPSA) is 33.4 Å². The molecule has 0 fully saturated rings. The second-order valence-electron chi connectivity index (χ2n) is 3.59. The second kappa shape index (κ2) is 3.59. The van der Waals surface area contributed by atoms with Gasteiger partial charge in [0.1, 0.15) is 0 Å². The van der Waals surface area contributed by atoms with Gasteiger partial charge in [-0.2, -0.15) is 11.3 Å². The van der Waals surface area contributed by atoms with Gasteiger partial charge in [-0.1, -0.05) is 0 Å². The summed E-state index contributed by atoms with van der Waals surface area (Å²) >= 11 is 1.64. The van der Waals surface area contributed by atoms with Gasteiger partial charge in [0, 0.05) is 12.0 Å². The molecule has 0 amide bonds. The van der Waals surface area contributed by atoms with Crippen molar-refractivity contribution in [2.24, 2.45) is 0 Å². The fourth-order valence-electron chi connectivity index (χ4n) is 1.46. The van der Waals surface area contributed by atoms with Crippen LogP contribution in [0.2, 0.25) is 0 Å². The minimum Gasteiger partial charge on any atom is -0.472 e. The van der Waals surface area contributed by atoms with Crippen LogP contribution in [0, 0.1) is 0 Å². The summed E-state index contributed by atoms with van der Waals surface area (Å²) in [7, 11) is 0. The van der Waals surface area contributed by atoms with E-state index in [4.69, 9.17) is 4.42 Å². The van der Waals surface area contributed by atoms with Crippen molar-refractivity contribution in [3.63, 3.8) is 0 Å². The normalized spacial score (nSPS) is 15.3. The third-order valence-electron chi connectivity index (χ3n) is 2.27. The Hall–Kier alpha value is -1.06. The number of hydrogen-bond donors (Lipinski definition) is 1. The van der Waals surface area contributed by atoms with Crippen LogP contribution in [0.5, 0.6) is 0 Å². The molecule has 1 atom stereocenters. The number of hydrogen-bond acceptors (Lipinski definition) is 3. The molecule has 1 N–H and O–H groups in total. The molecule has 2 rings (SSSR count). The van der Waals surface area contributed by atoms with Gasteiger partial charge in [0.05, 0.1) is 18.1 Å². The number of aliphatic hydroxyl groups is 1. The molecule has 2 aromatic heterocycles. The van der Waals surface area contributed by atoms with Crippen molar-refractivity contribution in [3.8, 4) is 0 Å². The molecule has 0 aromatic carbocycles. The maximum Gasteiger partial charge on any atom is 0.0963 e. The third-order valence-corrected chi connectivity index (χ3v) is 3.00. The Morgan fingerprint density at radius 3 is 2.93 bits per heavy atom. The van der Waals surface area contributed by atoms with Crippen LogP contribution in [-0.4, -0.2) is 5.11 Å². The average Bonchev–Trinajstić information content (AvgIpc) is 2.71. The summed E-state index contributed by atoms with van der Waals surface area (Å²) in [6, 6.07) is 3.82. The molecule has 0 spiro atoms. The lowest BCUT2D eigenvalue weighted by atomic mass is 9.92. The molecule has 3 heteroatoms. The number of rotatable bonds is 3. The van der Waals surface area contributed by atoms with Crippen LogP contribution >= 0.6 is 11.3 Å². The molecule has 0 aliphatic heterocycles. The predicted octanol–water partition coefficient (Wildman–Crippen LogP) is 2.79. The summed E-state index contributed by atoms with van der Waals surface area (Å²) in [5, 5.41) is 14.3. The van der Waals surface area contributed by atoms with E-state index in [1.54, 1.807) is 36.9 Å². The summed E-state index contributed by atoms with van der Waals surface area (Å²) in [5.74, 6) is 0. The quantitative estimate of drug-likeness (QED) is 0.841. The van der Waals surface area contributed by atoms with Gasteiger partial charge in [-0.3, -0.25) is 0 Å². The molecule has 1 unspecified atom stereocenters. The maximum absolute atomic E-state index is 10.2. The first-order chi connectivity index (χ1) is 6.68. The van der Waals surface area contributed by atoms with E-state index in [2.05, 4.69) is 5.38 Å². The fraction of sp³-hybridized carbons (Fsp3) is 0.273. The summed E-state index contributed by atoms with van der Waals surface area (Å²) in [5.41, 5.74) is 1.14. The van der Waals surface area contributed by atoms with Crippen molar-refractivity contribution in [1.29, 1.82) is 0 Å². The van der Waals surface area contributed by atoms with Crippen LogP contribution in [-0.2, 0) is 12.0 Å². The Kier molecular flexibility index (Phi) is 2.44. The highest BCUT2D eigenvalue weighted by atomic mass is 32.1. The second-order valence-corrected chi connectivity index (χ2v) is 4.37. The van der Waals surface area contributed by atoms with E-state index in [1.165, 1.54) is 0 Å². The van der Waals surface area contributed by atoms with Gasteiger partial charge >= 0.3 is 0 Å². The van der Waals surface area contributed by atoms with E-state index in [9.17, 15) is 5.11 Å². The van der Waals surface area contributed by atoms with E-state index in [-0.39, 0.29) is 0 Å². The first-order valence-corrected chi connectivity index (χ1v) is 5.39. The molecule has 2 heterocycles. The monoisotopic (exact) mass is 208 g/mol. The van der Waals surface area contributed by atoms with E-state index in [0.29, 0.717) is 6.42 Å². The summed E-state index contributed by atoms with van der Waals surface area (Å²) < 4.78 is 4.96. The molecule has 2 nitrogen and oxygen atoms in total. The van der Waals surface area contributed by atoms with Gasteiger partial charge in [0.15, 0.2) is 0 Å². The van der Waals surface area contributed by atoms with E-state index in [1.807, 2.05) is 11.4 Å². The van der Waals surface area contributed by atoms with Gasteiger partial charge in [-0.25, -0.2) is 0 Å². The van der Waals surface area contributed by atoms with Crippen molar-refractivity contribution >= 4 is 11.3 Å². The molecule has 0 radical (unpaired) electrons. The Balaban J connectivity index is 2.17. The van der Waals surface area contributed by atoms with Gasteiger partial charge in [-0.05, 0) is 35.4 Å². The predicted molar refractivity (Wildman–Crippen MR) is 56.3 cm³/mol. The van der Waals surface area contributed by atoms with E-state index >= 15 is 0 Å². The summed E-state index contributed by atoms with van der Waals surface area (Å²) in [6.07, 6.45) is 3.79. The van der Waals surface area contributed by atoms with Crippen LogP contribution in [0.15, 0.2) is 39.8 Å². The first kappa shape index (κ1) is 9.49. The number of thiophene rings is 1. The largest absolute Gasteiger partial charge is 0.472 e. The molecular formula is C11H12O2S. The van der Waals surface area contributed by atoms with Gasteiger partial charge < -0.3 is 9.52 Å². The minimum atomic E-state index is -0.839. The van der Waals surface area contributed by atoms with Crippen molar-refractivity contribution in [3.05, 3.63) is 46.5 Å². The molecule has 2 aromatic rings. The Labute approximate surface area is 86.8 Å². The summed E-state index contributed by atoms with van der Waals surface area (Å²) in [6.45, 7) is 1.80. The molecule has 0 bridgehead atoms. The third kappa shape index (κ3) is 1.89. The lowest BCUT2D eigenvalue weighted by molar-refractivity contribution is 0.0571. The molecule has 14 heavy (non-hydrogen) atoms. The van der Waals surface area contributed by atoms with Gasteiger partial charge in [0.25, 0.3) is 0 Å². The van der Waals surface area contributed by atoms with Crippen LogP contribution in [0.4, 0.5) is 0 Å². The Bertz CT molecular complexity index is 373. The summed E-state index contributed by atoms with van der Waals surface area (Å²) in [4.78, 5) is 0. The molecule has 0 saturated carbocycles. The van der Waals surface area contributed by atoms with Crippen LogP contribution in [0.1, 0.15) is 18.1 Å². The highest BCUT2D eigenvalue weighted by Gasteiger charge is 2.24. The fourth-order valence-corrected chi connectivity index (χ4v) is 2.13. The average molecular weight is 208 g/mol. The standard InChI is InChI=1S/C11H12O2S/c1-11(12,10-2-4-13-7-10)6-9-3-5-14-8-9/h2-5,7-8,12H,6H2,1H3. The number of furan rings is 1. The van der Waals surface area contributed by atoms with Crippen LogP contribution < -0.4 is 0 Å².